The Bertz CT molecular complexity index is 583. The van der Waals surface area contributed by atoms with Crippen molar-refractivity contribution >= 4 is 0 Å². The van der Waals surface area contributed by atoms with Crippen LogP contribution in [0.15, 0.2) is 42.5 Å². The molecular weight excluding hydrogens is 300 g/mol. The molecule has 0 saturated heterocycles. The predicted molar refractivity (Wildman–Crippen MR) is 101 cm³/mol. The Morgan fingerprint density at radius 3 is 1.96 bits per heavy atom. The molecule has 0 atom stereocenters. The van der Waals surface area contributed by atoms with Gasteiger partial charge in [-0.15, -0.1) is 0 Å². The van der Waals surface area contributed by atoms with E-state index in [1.807, 2.05) is 25.1 Å². The van der Waals surface area contributed by atoms with E-state index in [1.165, 1.54) is 16.7 Å². The van der Waals surface area contributed by atoms with Gasteiger partial charge < -0.3 is 20.9 Å². The van der Waals surface area contributed by atoms with Crippen LogP contribution in [-0.2, 0) is 12.8 Å². The van der Waals surface area contributed by atoms with Crippen LogP contribution in [0.3, 0.4) is 0 Å². The average Bonchev–Trinajstić information content (AvgIpc) is 2.61. The molecule has 0 aromatic heterocycles. The zero-order valence-corrected chi connectivity index (χ0v) is 15.0. The van der Waals surface area contributed by atoms with Gasteiger partial charge in [-0.1, -0.05) is 24.3 Å². The molecule has 0 bridgehead atoms. The predicted octanol–water partition coefficient (Wildman–Crippen LogP) is 3.09. The molecule has 0 amide bonds. The second-order valence-corrected chi connectivity index (χ2v) is 5.58. The second kappa shape index (κ2) is 11.5. The molecule has 4 heteroatoms. The van der Waals surface area contributed by atoms with Crippen molar-refractivity contribution in [2.45, 2.75) is 26.2 Å². The van der Waals surface area contributed by atoms with Crippen LogP contribution in [0.25, 0.3) is 0 Å². The van der Waals surface area contributed by atoms with Gasteiger partial charge in [-0.3, -0.25) is 0 Å². The quantitative estimate of drug-likeness (QED) is 0.818. The third kappa shape index (κ3) is 7.02. The maximum Gasteiger partial charge on any atom is 0.121 e. The number of aryl methyl sites for hydroxylation is 2. The van der Waals surface area contributed by atoms with Crippen LogP contribution in [0.1, 0.15) is 23.1 Å². The standard InChI is InChI=1S/2C10H15NO/c1-8-7-9(5-6-11)3-4-10(8)12-2;1-12-10-6-4-9(5-7-10)3-2-8-11/h3-4,7H,5-6,11H2,1-2H3;4-7H,2-3,8,11H2,1H3. The summed E-state index contributed by atoms with van der Waals surface area (Å²) in [6.45, 7) is 3.50. The molecule has 0 saturated carbocycles. The number of ether oxygens (including phenoxy) is 2. The molecule has 4 nitrogen and oxygen atoms in total. The molecule has 0 fully saturated rings. The Balaban J connectivity index is 0.000000240. The first kappa shape index (κ1) is 20.0. The molecule has 24 heavy (non-hydrogen) atoms. The van der Waals surface area contributed by atoms with Crippen molar-refractivity contribution in [3.8, 4) is 11.5 Å². The maximum atomic E-state index is 5.45. The zero-order valence-electron chi connectivity index (χ0n) is 15.0. The van der Waals surface area contributed by atoms with Crippen LogP contribution < -0.4 is 20.9 Å². The molecule has 0 unspecified atom stereocenters. The molecule has 132 valence electrons. The van der Waals surface area contributed by atoms with E-state index < -0.39 is 0 Å². The summed E-state index contributed by atoms with van der Waals surface area (Å²) in [6, 6.07) is 14.3. The Morgan fingerprint density at radius 1 is 0.792 bits per heavy atom. The summed E-state index contributed by atoms with van der Waals surface area (Å²) < 4.78 is 10.2. The van der Waals surface area contributed by atoms with Gasteiger partial charge in [-0.25, -0.2) is 0 Å². The summed E-state index contributed by atoms with van der Waals surface area (Å²) >= 11 is 0. The van der Waals surface area contributed by atoms with Crippen molar-refractivity contribution in [2.24, 2.45) is 11.5 Å². The molecule has 0 spiro atoms. The van der Waals surface area contributed by atoms with E-state index in [4.69, 9.17) is 20.9 Å². The Morgan fingerprint density at radius 2 is 1.46 bits per heavy atom. The van der Waals surface area contributed by atoms with E-state index in [1.54, 1.807) is 14.2 Å². The fourth-order valence-corrected chi connectivity index (χ4v) is 2.36. The number of benzene rings is 2. The summed E-state index contributed by atoms with van der Waals surface area (Å²) in [7, 11) is 3.36. The molecular formula is C20H30N2O2. The molecule has 2 aromatic carbocycles. The minimum absolute atomic E-state index is 0.700. The third-order valence-corrected chi connectivity index (χ3v) is 3.72. The Hall–Kier alpha value is -2.04. The minimum Gasteiger partial charge on any atom is -0.497 e. The average molecular weight is 330 g/mol. The molecule has 0 aliphatic carbocycles. The number of hydrogen-bond acceptors (Lipinski definition) is 4. The van der Waals surface area contributed by atoms with E-state index in [2.05, 4.69) is 24.3 Å². The number of nitrogens with two attached hydrogens (primary N) is 2. The van der Waals surface area contributed by atoms with Crippen molar-refractivity contribution in [3.05, 3.63) is 59.2 Å². The zero-order chi connectivity index (χ0) is 17.8. The SMILES string of the molecule is COc1ccc(CCCN)cc1.COc1ccc(CCN)cc1C. The lowest BCUT2D eigenvalue weighted by Crippen LogP contribution is -2.02. The lowest BCUT2D eigenvalue weighted by molar-refractivity contribution is 0.411. The summed E-state index contributed by atoms with van der Waals surface area (Å²) in [6.07, 6.45) is 3.04. The number of methoxy groups -OCH3 is 2. The van der Waals surface area contributed by atoms with Crippen LogP contribution in [0.5, 0.6) is 11.5 Å². The molecule has 4 N–H and O–H groups in total. The molecule has 0 aliphatic heterocycles. The third-order valence-electron chi connectivity index (χ3n) is 3.72. The first-order valence-corrected chi connectivity index (χ1v) is 8.31. The highest BCUT2D eigenvalue weighted by molar-refractivity contribution is 5.36. The smallest absolute Gasteiger partial charge is 0.121 e. The van der Waals surface area contributed by atoms with Gasteiger partial charge in [-0.2, -0.15) is 0 Å². The summed E-state index contributed by atoms with van der Waals surface area (Å²) in [5.41, 5.74) is 14.6. The van der Waals surface area contributed by atoms with Gasteiger partial charge in [0.2, 0.25) is 0 Å². The normalized spacial score (nSPS) is 9.88. The van der Waals surface area contributed by atoms with Crippen molar-refractivity contribution in [2.75, 3.05) is 27.3 Å². The highest BCUT2D eigenvalue weighted by atomic mass is 16.5. The monoisotopic (exact) mass is 330 g/mol. The molecule has 2 rings (SSSR count). The molecule has 0 radical (unpaired) electrons. The van der Waals surface area contributed by atoms with Crippen LogP contribution in [-0.4, -0.2) is 27.3 Å². The van der Waals surface area contributed by atoms with Crippen molar-refractivity contribution in [1.82, 2.24) is 0 Å². The van der Waals surface area contributed by atoms with E-state index in [-0.39, 0.29) is 0 Å². The van der Waals surface area contributed by atoms with Crippen LogP contribution >= 0.6 is 0 Å². The topological polar surface area (TPSA) is 70.5 Å². The van der Waals surface area contributed by atoms with Gasteiger partial charge in [-0.05, 0) is 74.2 Å². The van der Waals surface area contributed by atoms with Crippen LogP contribution in [0, 0.1) is 6.92 Å². The van der Waals surface area contributed by atoms with Gasteiger partial charge in [0.1, 0.15) is 11.5 Å². The van der Waals surface area contributed by atoms with Gasteiger partial charge in [0.05, 0.1) is 14.2 Å². The lowest BCUT2D eigenvalue weighted by Gasteiger charge is -2.05. The number of rotatable bonds is 7. The van der Waals surface area contributed by atoms with Crippen molar-refractivity contribution in [1.29, 1.82) is 0 Å². The summed E-state index contributed by atoms with van der Waals surface area (Å²) in [5.74, 6) is 1.85. The molecule has 0 heterocycles. The first-order valence-electron chi connectivity index (χ1n) is 8.31. The van der Waals surface area contributed by atoms with Crippen LogP contribution in [0.2, 0.25) is 0 Å². The van der Waals surface area contributed by atoms with Gasteiger partial charge >= 0.3 is 0 Å². The first-order chi connectivity index (χ1) is 11.6. The van der Waals surface area contributed by atoms with Crippen molar-refractivity contribution in [3.63, 3.8) is 0 Å². The second-order valence-electron chi connectivity index (χ2n) is 5.58. The van der Waals surface area contributed by atoms with Gasteiger partial charge in [0.25, 0.3) is 0 Å². The van der Waals surface area contributed by atoms with E-state index in [0.717, 1.165) is 37.3 Å². The maximum absolute atomic E-state index is 5.45. The lowest BCUT2D eigenvalue weighted by atomic mass is 10.1. The summed E-state index contributed by atoms with van der Waals surface area (Å²) in [4.78, 5) is 0. The van der Waals surface area contributed by atoms with E-state index in [0.29, 0.717) is 6.54 Å². The van der Waals surface area contributed by atoms with E-state index >= 15 is 0 Å². The van der Waals surface area contributed by atoms with E-state index in [9.17, 15) is 0 Å². The number of hydrogen-bond donors (Lipinski definition) is 2. The van der Waals surface area contributed by atoms with Gasteiger partial charge in [0.15, 0.2) is 0 Å². The largest absolute Gasteiger partial charge is 0.497 e. The Labute approximate surface area is 145 Å². The fraction of sp³-hybridized carbons (Fsp3) is 0.400. The van der Waals surface area contributed by atoms with Gasteiger partial charge in [0, 0.05) is 0 Å². The highest BCUT2D eigenvalue weighted by Gasteiger charge is 1.98. The van der Waals surface area contributed by atoms with Crippen LogP contribution in [0.4, 0.5) is 0 Å². The fourth-order valence-electron chi connectivity index (χ4n) is 2.36. The molecule has 0 aliphatic rings. The highest BCUT2D eigenvalue weighted by Crippen LogP contribution is 2.18. The minimum atomic E-state index is 0.700. The summed E-state index contributed by atoms with van der Waals surface area (Å²) in [5, 5.41) is 0. The molecule has 2 aromatic rings. The Kier molecular flexibility index (Phi) is 9.58. The van der Waals surface area contributed by atoms with Crippen molar-refractivity contribution < 1.29 is 9.47 Å².